The average Bonchev–Trinajstić information content (AvgIpc) is 2.99. The fraction of sp³-hybridized carbons (Fsp3) is 0.391. The van der Waals surface area contributed by atoms with Gasteiger partial charge in [-0.05, 0) is 55.3 Å². The first-order valence-corrected chi connectivity index (χ1v) is 10.6. The summed E-state index contributed by atoms with van der Waals surface area (Å²) in [6, 6.07) is 10.8. The van der Waals surface area contributed by atoms with Crippen LogP contribution in [0.15, 0.2) is 42.5 Å². The minimum absolute atomic E-state index is 0.0219. The molecule has 4 rings (SSSR count). The molecule has 1 unspecified atom stereocenters. The first-order valence-electron chi connectivity index (χ1n) is 10.3. The highest BCUT2D eigenvalue weighted by Gasteiger charge is 2.44. The van der Waals surface area contributed by atoms with Crippen molar-refractivity contribution >= 4 is 23.5 Å². The summed E-state index contributed by atoms with van der Waals surface area (Å²) in [5.74, 6) is -0.451. The predicted molar refractivity (Wildman–Crippen MR) is 112 cm³/mol. The van der Waals surface area contributed by atoms with Crippen molar-refractivity contribution in [2.75, 3.05) is 6.61 Å². The van der Waals surface area contributed by atoms with Crippen LogP contribution < -0.4 is 9.47 Å². The summed E-state index contributed by atoms with van der Waals surface area (Å²) in [4.78, 5) is 25.9. The molecule has 0 saturated carbocycles. The molecule has 2 bridgehead atoms. The molecule has 8 heteroatoms. The number of piperidine rings is 1. The van der Waals surface area contributed by atoms with Crippen molar-refractivity contribution in [3.05, 3.63) is 58.9 Å². The first kappa shape index (κ1) is 21.4. The maximum absolute atomic E-state index is 13.1. The summed E-state index contributed by atoms with van der Waals surface area (Å²) in [6.45, 7) is -0.162. The average molecular weight is 448 g/mol. The number of carbonyl (C=O) groups is 2. The number of hydrogen-bond acceptors (Lipinski definition) is 4. The summed E-state index contributed by atoms with van der Waals surface area (Å²) >= 11 is 5.96. The highest BCUT2D eigenvalue weighted by Crippen LogP contribution is 2.37. The molecule has 1 amide bonds. The number of ether oxygens (including phenoxy) is 2. The van der Waals surface area contributed by atoms with E-state index in [2.05, 4.69) is 0 Å². The zero-order valence-electron chi connectivity index (χ0n) is 16.8. The second-order valence-corrected chi connectivity index (χ2v) is 8.40. The maximum atomic E-state index is 13.1. The summed E-state index contributed by atoms with van der Waals surface area (Å²) in [6.07, 6.45) is 2.98. The zero-order valence-corrected chi connectivity index (χ0v) is 17.6. The van der Waals surface area contributed by atoms with Crippen LogP contribution >= 0.6 is 11.6 Å². The normalized spacial score (nSPS) is 22.3. The van der Waals surface area contributed by atoms with Gasteiger partial charge in [0.2, 0.25) is 0 Å². The van der Waals surface area contributed by atoms with Gasteiger partial charge in [0.25, 0.3) is 5.91 Å². The molecule has 31 heavy (non-hydrogen) atoms. The van der Waals surface area contributed by atoms with Gasteiger partial charge in [0.15, 0.2) is 6.61 Å². The molecule has 1 N–H and O–H groups in total. The lowest BCUT2D eigenvalue weighted by atomic mass is 9.99. The van der Waals surface area contributed by atoms with Crippen LogP contribution in [0.2, 0.25) is 5.02 Å². The second-order valence-electron chi connectivity index (χ2n) is 7.96. The summed E-state index contributed by atoms with van der Waals surface area (Å²) < 4.78 is 24.8. The van der Waals surface area contributed by atoms with Gasteiger partial charge in [-0.15, -0.1) is 0 Å². The van der Waals surface area contributed by atoms with E-state index in [0.29, 0.717) is 34.9 Å². The molecule has 0 radical (unpaired) electrons. The summed E-state index contributed by atoms with van der Waals surface area (Å²) in [5, 5.41) is 9.49. The molecule has 2 aromatic rings. The molecule has 0 aliphatic carbocycles. The Morgan fingerprint density at radius 1 is 1.10 bits per heavy atom. The van der Waals surface area contributed by atoms with Gasteiger partial charge >= 0.3 is 5.97 Å². The van der Waals surface area contributed by atoms with E-state index < -0.39 is 5.97 Å². The Morgan fingerprint density at radius 3 is 2.42 bits per heavy atom. The number of carboxylic acids is 1. The third-order valence-electron chi connectivity index (χ3n) is 5.81. The smallest absolute Gasteiger partial charge is 0.307 e. The van der Waals surface area contributed by atoms with Gasteiger partial charge in [0.05, 0.1) is 6.42 Å². The van der Waals surface area contributed by atoms with Crippen molar-refractivity contribution in [3.8, 4) is 11.5 Å². The Balaban J connectivity index is 1.36. The molecule has 6 nitrogen and oxygen atoms in total. The number of fused-ring (bicyclic) bond motifs is 2. The fourth-order valence-corrected chi connectivity index (χ4v) is 4.73. The number of amides is 1. The van der Waals surface area contributed by atoms with Crippen molar-refractivity contribution in [2.24, 2.45) is 0 Å². The number of carbonyl (C=O) groups excluding carboxylic acids is 1. The van der Waals surface area contributed by atoms with Crippen molar-refractivity contribution in [1.29, 1.82) is 0 Å². The lowest BCUT2D eigenvalue weighted by Gasteiger charge is -2.38. The van der Waals surface area contributed by atoms with E-state index in [9.17, 15) is 14.0 Å². The van der Waals surface area contributed by atoms with E-state index in [4.69, 9.17) is 26.2 Å². The molecule has 0 spiro atoms. The van der Waals surface area contributed by atoms with Crippen LogP contribution in [0.3, 0.4) is 0 Å². The highest BCUT2D eigenvalue weighted by molar-refractivity contribution is 6.30. The topological polar surface area (TPSA) is 76.1 Å². The molecule has 164 valence electrons. The zero-order chi connectivity index (χ0) is 22.0. The van der Waals surface area contributed by atoms with Crippen molar-refractivity contribution < 1.29 is 28.6 Å². The van der Waals surface area contributed by atoms with E-state index >= 15 is 0 Å². The Labute approximate surface area is 184 Å². The van der Waals surface area contributed by atoms with Gasteiger partial charge in [-0.2, -0.15) is 0 Å². The van der Waals surface area contributed by atoms with Crippen molar-refractivity contribution in [1.82, 2.24) is 4.90 Å². The lowest BCUT2D eigenvalue weighted by Crippen LogP contribution is -2.50. The van der Waals surface area contributed by atoms with E-state index in [1.165, 1.54) is 18.2 Å². The van der Waals surface area contributed by atoms with Gasteiger partial charge in [0.1, 0.15) is 23.4 Å². The minimum atomic E-state index is -1.00. The van der Waals surface area contributed by atoms with Gasteiger partial charge in [0, 0.05) is 35.5 Å². The lowest BCUT2D eigenvalue weighted by molar-refractivity contribution is -0.139. The second kappa shape index (κ2) is 9.14. The number of hydrogen-bond donors (Lipinski definition) is 1. The van der Waals surface area contributed by atoms with E-state index in [1.54, 1.807) is 24.3 Å². The monoisotopic (exact) mass is 447 g/mol. The third kappa shape index (κ3) is 5.10. The number of nitrogens with zero attached hydrogens (tertiary/aromatic N) is 1. The largest absolute Gasteiger partial charge is 0.490 e. The third-order valence-corrected chi connectivity index (χ3v) is 6.04. The van der Waals surface area contributed by atoms with Gasteiger partial charge in [-0.3, -0.25) is 9.59 Å². The van der Waals surface area contributed by atoms with Crippen LogP contribution in [0.5, 0.6) is 11.5 Å². The molecular formula is C23H23ClFNO5. The van der Waals surface area contributed by atoms with Crippen LogP contribution in [0, 0.1) is 5.82 Å². The number of aliphatic carboxylic acids is 1. The molecule has 2 fully saturated rings. The van der Waals surface area contributed by atoms with Crippen LogP contribution in [-0.2, 0) is 16.0 Å². The van der Waals surface area contributed by atoms with Crippen LogP contribution in [0.25, 0.3) is 0 Å². The fourth-order valence-electron chi connectivity index (χ4n) is 4.54. The van der Waals surface area contributed by atoms with Crippen LogP contribution in [0.1, 0.15) is 31.2 Å². The SMILES string of the molecule is O=C(O)Cc1cc(Cl)ccc1OCC(=O)N1[C@@H]2CC[C@H]1CC(Oc1ccc(F)cc1)C2. The maximum Gasteiger partial charge on any atom is 0.307 e. The molecule has 3 atom stereocenters. The van der Waals surface area contributed by atoms with Gasteiger partial charge in [-0.25, -0.2) is 4.39 Å². The number of halogens is 2. The predicted octanol–water partition coefficient (Wildman–Crippen LogP) is 4.09. The van der Waals surface area contributed by atoms with Crippen molar-refractivity contribution in [3.63, 3.8) is 0 Å². The van der Waals surface area contributed by atoms with E-state index in [1.807, 2.05) is 4.90 Å². The quantitative estimate of drug-likeness (QED) is 0.692. The Hall–Kier alpha value is -2.80. The van der Waals surface area contributed by atoms with Crippen LogP contribution in [0.4, 0.5) is 4.39 Å². The molecule has 2 aromatic carbocycles. The first-order chi connectivity index (χ1) is 14.9. The van der Waals surface area contributed by atoms with Crippen molar-refractivity contribution in [2.45, 2.75) is 50.3 Å². The molecular weight excluding hydrogens is 425 g/mol. The van der Waals surface area contributed by atoms with Gasteiger partial charge < -0.3 is 19.5 Å². The Bertz CT molecular complexity index is 953. The summed E-state index contributed by atoms with van der Waals surface area (Å²) in [7, 11) is 0. The van der Waals surface area contributed by atoms with E-state index in [-0.39, 0.29) is 42.9 Å². The Morgan fingerprint density at radius 2 is 1.77 bits per heavy atom. The molecule has 2 heterocycles. The minimum Gasteiger partial charge on any atom is -0.490 e. The Kier molecular flexibility index (Phi) is 6.32. The number of rotatable bonds is 7. The van der Waals surface area contributed by atoms with E-state index in [0.717, 1.165) is 12.8 Å². The summed E-state index contributed by atoms with van der Waals surface area (Å²) in [5.41, 5.74) is 0.433. The van der Waals surface area contributed by atoms with Crippen LogP contribution in [-0.4, -0.2) is 46.7 Å². The standard InChI is InChI=1S/C23H23ClFNO5/c24-15-1-8-21(14(9-15)10-23(28)29)30-13-22(27)26-17-4-5-18(26)12-20(11-17)31-19-6-2-16(25)3-7-19/h1-3,6-9,17-18,20H,4-5,10-13H2,(H,28,29)/t17-,18+,20?. The molecule has 0 aromatic heterocycles. The molecule has 2 aliphatic rings. The number of benzene rings is 2. The molecule has 2 aliphatic heterocycles. The highest BCUT2D eigenvalue weighted by atomic mass is 35.5. The van der Waals surface area contributed by atoms with Gasteiger partial charge in [-0.1, -0.05) is 11.6 Å². The number of carboxylic acid groups (broad SMARTS) is 1. The molecule has 2 saturated heterocycles.